The molecule has 0 radical (unpaired) electrons. The number of hydrogen-bond donors (Lipinski definition) is 1. The normalized spacial score (nSPS) is 16.2. The Balaban J connectivity index is 4.47. The monoisotopic (exact) mass is 274 g/mol. The predicted molar refractivity (Wildman–Crippen MR) is 66.8 cm³/mol. The number of nitrogens with two attached hydrogens (primary N) is 1. The third-order valence-corrected chi connectivity index (χ3v) is 3.47. The van der Waals surface area contributed by atoms with Gasteiger partial charge in [0, 0.05) is 18.3 Å². The van der Waals surface area contributed by atoms with E-state index in [9.17, 15) is 13.2 Å². The lowest BCUT2D eigenvalue weighted by Gasteiger charge is -2.29. The molecule has 2 unspecified atom stereocenters. The summed E-state index contributed by atoms with van der Waals surface area (Å²) in [5.41, 5.74) is 5.12. The summed E-state index contributed by atoms with van der Waals surface area (Å²) in [6, 6.07) is 0.0641. The van der Waals surface area contributed by atoms with Crippen LogP contribution in [0.5, 0.6) is 0 Å². The molecule has 7 heteroatoms. The lowest BCUT2D eigenvalue weighted by atomic mass is 10.1. The van der Waals surface area contributed by atoms with Gasteiger partial charge in [0.25, 0.3) is 0 Å². The maximum Gasteiger partial charge on any atom is 0.399 e. The van der Waals surface area contributed by atoms with Crippen LogP contribution in [0.15, 0.2) is 0 Å². The molecule has 2 nitrogen and oxygen atoms in total. The molecule has 0 saturated heterocycles. The van der Waals surface area contributed by atoms with Gasteiger partial charge < -0.3 is 10.6 Å². The van der Waals surface area contributed by atoms with Gasteiger partial charge in [0.1, 0.15) is 5.92 Å². The topological polar surface area (TPSA) is 29.3 Å². The van der Waals surface area contributed by atoms with Crippen molar-refractivity contribution in [1.29, 1.82) is 0 Å². The van der Waals surface area contributed by atoms with Crippen LogP contribution in [0.4, 0.5) is 13.2 Å². The van der Waals surface area contributed by atoms with Crippen LogP contribution >= 0.6 is 24.0 Å². The van der Waals surface area contributed by atoms with Gasteiger partial charge in [-0.3, -0.25) is 0 Å². The van der Waals surface area contributed by atoms with Gasteiger partial charge >= 0.3 is 6.18 Å². The van der Waals surface area contributed by atoms with E-state index in [1.165, 1.54) is 0 Å². The molecule has 0 aliphatic carbocycles. The number of alkyl halides is 3. The average molecular weight is 274 g/mol. The highest BCUT2D eigenvalue weighted by Crippen LogP contribution is 2.27. The molecule has 0 aliphatic rings. The largest absolute Gasteiger partial charge is 0.399 e. The summed E-state index contributed by atoms with van der Waals surface area (Å²) >= 11 is 6.05. The van der Waals surface area contributed by atoms with E-state index in [2.05, 4.69) is 12.2 Å². The third kappa shape index (κ3) is 5.36. The number of rotatable bonds is 6. The van der Waals surface area contributed by atoms with Crippen LogP contribution in [0.1, 0.15) is 6.92 Å². The molecule has 96 valence electrons. The Morgan fingerprint density at radius 3 is 2.31 bits per heavy atom. The predicted octanol–water partition coefficient (Wildman–Crippen LogP) is 2.13. The molecule has 0 fully saturated rings. The second-order valence-electron chi connectivity index (χ2n) is 3.74. The Hall–Kier alpha value is -0.0100. The fourth-order valence-corrected chi connectivity index (χ4v) is 2.14. The number of thioether (sulfide) groups is 1. The van der Waals surface area contributed by atoms with Crippen molar-refractivity contribution in [2.45, 2.75) is 19.1 Å². The zero-order valence-electron chi connectivity index (χ0n) is 9.54. The SMILES string of the molecule is CSCC(C)N(C)CC(C(N)=S)C(F)(F)F. The molecular weight excluding hydrogens is 257 g/mol. The minimum Gasteiger partial charge on any atom is -0.393 e. The smallest absolute Gasteiger partial charge is 0.393 e. The zero-order valence-corrected chi connectivity index (χ0v) is 11.2. The van der Waals surface area contributed by atoms with Crippen molar-refractivity contribution in [1.82, 2.24) is 4.90 Å². The van der Waals surface area contributed by atoms with Crippen LogP contribution in [0.3, 0.4) is 0 Å². The quantitative estimate of drug-likeness (QED) is 0.751. The lowest BCUT2D eigenvalue weighted by Crippen LogP contribution is -2.45. The summed E-state index contributed by atoms with van der Waals surface area (Å²) in [7, 11) is 1.65. The maximum atomic E-state index is 12.6. The average Bonchev–Trinajstić information content (AvgIpc) is 2.11. The van der Waals surface area contributed by atoms with E-state index in [1.807, 2.05) is 13.2 Å². The first-order valence-electron chi connectivity index (χ1n) is 4.75. The number of thiocarbonyl (C=S) groups is 1. The summed E-state index contributed by atoms with van der Waals surface area (Å²) in [5.74, 6) is -0.949. The van der Waals surface area contributed by atoms with Crippen molar-refractivity contribution in [3.8, 4) is 0 Å². The number of halogens is 3. The van der Waals surface area contributed by atoms with Gasteiger partial charge in [0.15, 0.2) is 0 Å². The van der Waals surface area contributed by atoms with Crippen molar-refractivity contribution in [2.75, 3.05) is 25.6 Å². The van der Waals surface area contributed by atoms with Crippen molar-refractivity contribution >= 4 is 29.0 Å². The lowest BCUT2D eigenvalue weighted by molar-refractivity contribution is -0.159. The van der Waals surface area contributed by atoms with E-state index >= 15 is 0 Å². The molecule has 0 spiro atoms. The highest BCUT2D eigenvalue weighted by atomic mass is 32.2. The highest BCUT2D eigenvalue weighted by molar-refractivity contribution is 7.98. The number of nitrogens with zero attached hydrogens (tertiary/aromatic N) is 1. The molecule has 0 amide bonds. The van der Waals surface area contributed by atoms with Crippen LogP contribution in [0.25, 0.3) is 0 Å². The molecule has 2 N–H and O–H groups in total. The molecule has 0 saturated carbocycles. The zero-order chi connectivity index (χ0) is 12.9. The summed E-state index contributed by atoms with van der Waals surface area (Å²) < 4.78 is 37.7. The van der Waals surface area contributed by atoms with Gasteiger partial charge in [0.2, 0.25) is 0 Å². The Morgan fingerprint density at radius 2 is 2.00 bits per heavy atom. The fourth-order valence-electron chi connectivity index (χ4n) is 1.19. The van der Waals surface area contributed by atoms with Crippen molar-refractivity contribution < 1.29 is 13.2 Å². The summed E-state index contributed by atoms with van der Waals surface area (Å²) in [6.07, 6.45) is -2.45. The van der Waals surface area contributed by atoms with Crippen LogP contribution in [-0.4, -0.2) is 47.7 Å². The van der Waals surface area contributed by atoms with E-state index in [0.29, 0.717) is 0 Å². The van der Waals surface area contributed by atoms with E-state index in [-0.39, 0.29) is 12.6 Å². The van der Waals surface area contributed by atoms with Crippen LogP contribution in [-0.2, 0) is 0 Å². The van der Waals surface area contributed by atoms with Crippen molar-refractivity contribution in [3.05, 3.63) is 0 Å². The minimum atomic E-state index is -4.36. The van der Waals surface area contributed by atoms with Gasteiger partial charge in [-0.05, 0) is 20.2 Å². The first-order chi connectivity index (χ1) is 7.20. The molecule has 2 atom stereocenters. The molecule has 0 heterocycles. The van der Waals surface area contributed by atoms with Crippen LogP contribution in [0.2, 0.25) is 0 Å². The summed E-state index contributed by atoms with van der Waals surface area (Å²) in [4.78, 5) is 1.14. The van der Waals surface area contributed by atoms with Crippen LogP contribution in [0, 0.1) is 5.92 Å². The molecular formula is C9H17F3N2S2. The standard InChI is InChI=1S/C9H17F3N2S2/c1-6(5-16-3)14(2)4-7(8(13)15)9(10,11)12/h6-7H,4-5H2,1-3H3,(H2,13,15). The van der Waals surface area contributed by atoms with Crippen molar-refractivity contribution in [3.63, 3.8) is 0 Å². The second-order valence-corrected chi connectivity index (χ2v) is 5.12. The summed E-state index contributed by atoms with van der Waals surface area (Å²) in [5, 5.41) is 0. The molecule has 0 aromatic carbocycles. The molecule has 16 heavy (non-hydrogen) atoms. The molecule has 0 rings (SSSR count). The molecule has 0 bridgehead atoms. The van der Waals surface area contributed by atoms with E-state index in [4.69, 9.17) is 5.73 Å². The molecule has 0 aliphatic heterocycles. The fraction of sp³-hybridized carbons (Fsp3) is 0.889. The third-order valence-electron chi connectivity index (χ3n) is 2.37. The van der Waals surface area contributed by atoms with Gasteiger partial charge in [0.05, 0.1) is 4.99 Å². The van der Waals surface area contributed by atoms with Crippen molar-refractivity contribution in [2.24, 2.45) is 11.7 Å². The Bertz CT molecular complexity index is 233. The Kier molecular flexibility index (Phi) is 6.65. The van der Waals surface area contributed by atoms with Gasteiger partial charge in [-0.15, -0.1) is 0 Å². The summed E-state index contributed by atoms with van der Waals surface area (Å²) in [6.45, 7) is 1.70. The minimum absolute atomic E-state index is 0.0641. The Morgan fingerprint density at radius 1 is 1.50 bits per heavy atom. The maximum absolute atomic E-state index is 12.6. The highest BCUT2D eigenvalue weighted by Gasteiger charge is 2.42. The van der Waals surface area contributed by atoms with Gasteiger partial charge in [-0.25, -0.2) is 0 Å². The Labute approximate surface area is 104 Å². The molecule has 0 aromatic heterocycles. The number of hydrogen-bond acceptors (Lipinski definition) is 3. The van der Waals surface area contributed by atoms with E-state index in [1.54, 1.807) is 23.7 Å². The van der Waals surface area contributed by atoms with Gasteiger partial charge in [-0.1, -0.05) is 12.2 Å². The first-order valence-corrected chi connectivity index (χ1v) is 6.55. The van der Waals surface area contributed by atoms with Crippen LogP contribution < -0.4 is 5.73 Å². The van der Waals surface area contributed by atoms with Gasteiger partial charge in [-0.2, -0.15) is 24.9 Å². The van der Waals surface area contributed by atoms with E-state index in [0.717, 1.165) is 5.75 Å². The second kappa shape index (κ2) is 6.66. The first kappa shape index (κ1) is 16.0. The van der Waals surface area contributed by atoms with E-state index < -0.39 is 17.1 Å². The molecule has 0 aromatic rings.